The van der Waals surface area contributed by atoms with Crippen molar-refractivity contribution in [1.29, 1.82) is 0 Å². The van der Waals surface area contributed by atoms with Crippen LogP contribution in [0.4, 0.5) is 11.5 Å². The molecular formula is C14H16N4O2. The van der Waals surface area contributed by atoms with E-state index in [0.717, 1.165) is 25.7 Å². The number of hydrogen-bond donors (Lipinski definition) is 1. The Kier molecular flexibility index (Phi) is 3.14. The molecule has 1 aliphatic rings. The summed E-state index contributed by atoms with van der Waals surface area (Å²) in [6, 6.07) is 8.18. The maximum absolute atomic E-state index is 10.9. The van der Waals surface area contributed by atoms with Gasteiger partial charge in [-0.15, -0.1) is 0 Å². The molecule has 0 aliphatic heterocycles. The third kappa shape index (κ3) is 2.03. The van der Waals surface area contributed by atoms with E-state index in [0.29, 0.717) is 0 Å². The van der Waals surface area contributed by atoms with E-state index in [-0.39, 0.29) is 17.5 Å². The molecule has 2 N–H and O–H groups in total. The van der Waals surface area contributed by atoms with Crippen molar-refractivity contribution in [3.63, 3.8) is 0 Å². The third-order valence-electron chi connectivity index (χ3n) is 3.89. The number of nitrogens with two attached hydrogens (primary N) is 1. The van der Waals surface area contributed by atoms with Gasteiger partial charge in [-0.05, 0) is 30.4 Å². The fourth-order valence-corrected chi connectivity index (χ4v) is 2.90. The van der Waals surface area contributed by atoms with Gasteiger partial charge in [-0.1, -0.05) is 30.7 Å². The van der Waals surface area contributed by atoms with Gasteiger partial charge in [0.15, 0.2) is 0 Å². The Balaban J connectivity index is 2.08. The van der Waals surface area contributed by atoms with Gasteiger partial charge in [-0.25, -0.2) is 4.68 Å². The summed E-state index contributed by atoms with van der Waals surface area (Å²) in [5.74, 6) is 0.136. The van der Waals surface area contributed by atoms with Crippen molar-refractivity contribution >= 4 is 11.5 Å². The number of hydrogen-bond acceptors (Lipinski definition) is 4. The van der Waals surface area contributed by atoms with Crippen LogP contribution in [0.25, 0.3) is 0 Å². The summed E-state index contributed by atoms with van der Waals surface area (Å²) >= 11 is 0. The first kappa shape index (κ1) is 12.7. The van der Waals surface area contributed by atoms with E-state index < -0.39 is 4.92 Å². The number of nitrogens with zero attached hydrogens (tertiary/aromatic N) is 3. The monoisotopic (exact) mass is 272 g/mol. The van der Waals surface area contributed by atoms with E-state index in [1.807, 2.05) is 12.1 Å². The maximum Gasteiger partial charge on any atom is 0.330 e. The molecule has 0 fully saturated rings. The van der Waals surface area contributed by atoms with Crippen molar-refractivity contribution in [2.24, 2.45) is 0 Å². The van der Waals surface area contributed by atoms with Crippen LogP contribution >= 0.6 is 0 Å². The number of anilines is 1. The van der Waals surface area contributed by atoms with Crippen LogP contribution in [0.2, 0.25) is 0 Å². The lowest BCUT2D eigenvalue weighted by atomic mass is 9.99. The quantitative estimate of drug-likeness (QED) is 0.517. The molecule has 1 aromatic heterocycles. The minimum atomic E-state index is -0.485. The van der Waals surface area contributed by atoms with E-state index in [4.69, 9.17) is 5.73 Å². The fourth-order valence-electron chi connectivity index (χ4n) is 2.90. The smallest absolute Gasteiger partial charge is 0.330 e. The summed E-state index contributed by atoms with van der Waals surface area (Å²) in [5.41, 5.74) is 8.24. The van der Waals surface area contributed by atoms with Gasteiger partial charge in [-0.2, -0.15) is 5.10 Å². The van der Waals surface area contributed by atoms with Crippen molar-refractivity contribution in [2.45, 2.75) is 31.7 Å². The van der Waals surface area contributed by atoms with E-state index in [1.165, 1.54) is 17.3 Å². The summed E-state index contributed by atoms with van der Waals surface area (Å²) < 4.78 is 1.60. The summed E-state index contributed by atoms with van der Waals surface area (Å²) in [5, 5.41) is 15.1. The average Bonchev–Trinajstić information content (AvgIpc) is 2.70. The van der Waals surface area contributed by atoms with Crippen molar-refractivity contribution in [3.05, 3.63) is 51.7 Å². The molecule has 1 unspecified atom stereocenters. The first-order valence-electron chi connectivity index (χ1n) is 6.73. The standard InChI is InChI=1S/C14H16N4O2/c15-14-13(18(19)20)9-16-17(14)12-8-4-2-6-10-5-1-3-7-11(10)12/h1,3,5,7,9,12H,2,4,6,8,15H2. The van der Waals surface area contributed by atoms with Gasteiger partial charge >= 0.3 is 5.69 Å². The molecular weight excluding hydrogens is 256 g/mol. The summed E-state index contributed by atoms with van der Waals surface area (Å²) in [7, 11) is 0. The molecule has 20 heavy (non-hydrogen) atoms. The minimum absolute atomic E-state index is 0.0117. The molecule has 1 aromatic carbocycles. The van der Waals surface area contributed by atoms with Gasteiger partial charge in [0.1, 0.15) is 6.20 Å². The molecule has 6 heteroatoms. The molecule has 0 amide bonds. The Labute approximate surface area is 116 Å². The SMILES string of the molecule is Nc1c([N+](=O)[O-])cnn1C1CCCCc2ccccc21. The Morgan fingerprint density at radius 3 is 2.90 bits per heavy atom. The Morgan fingerprint density at radius 2 is 2.15 bits per heavy atom. The van der Waals surface area contributed by atoms with Crippen LogP contribution < -0.4 is 5.73 Å². The van der Waals surface area contributed by atoms with Crippen LogP contribution in [0.3, 0.4) is 0 Å². The zero-order valence-electron chi connectivity index (χ0n) is 11.0. The highest BCUT2D eigenvalue weighted by atomic mass is 16.6. The Morgan fingerprint density at radius 1 is 1.35 bits per heavy atom. The number of rotatable bonds is 2. The summed E-state index contributed by atoms with van der Waals surface area (Å²) in [6.45, 7) is 0. The number of aryl methyl sites for hydroxylation is 1. The third-order valence-corrected chi connectivity index (χ3v) is 3.89. The predicted molar refractivity (Wildman–Crippen MR) is 75.4 cm³/mol. The molecule has 1 atom stereocenters. The van der Waals surface area contributed by atoms with Crippen molar-refractivity contribution in [2.75, 3.05) is 5.73 Å². The maximum atomic E-state index is 10.9. The van der Waals surface area contributed by atoms with Crippen LogP contribution in [-0.2, 0) is 6.42 Å². The van der Waals surface area contributed by atoms with Crippen molar-refractivity contribution in [3.8, 4) is 0 Å². The second-order valence-electron chi connectivity index (χ2n) is 5.08. The zero-order chi connectivity index (χ0) is 14.1. The Bertz CT molecular complexity index is 650. The first-order valence-corrected chi connectivity index (χ1v) is 6.73. The zero-order valence-corrected chi connectivity index (χ0v) is 11.0. The average molecular weight is 272 g/mol. The molecule has 0 saturated heterocycles. The highest BCUT2D eigenvalue weighted by molar-refractivity contribution is 5.52. The molecule has 1 aliphatic carbocycles. The second-order valence-corrected chi connectivity index (χ2v) is 5.08. The van der Waals surface area contributed by atoms with E-state index in [2.05, 4.69) is 17.2 Å². The lowest BCUT2D eigenvalue weighted by Crippen LogP contribution is -2.15. The molecule has 3 rings (SSSR count). The molecule has 1 heterocycles. The molecule has 0 radical (unpaired) electrons. The number of nitro groups is 1. The Hall–Kier alpha value is -2.37. The van der Waals surface area contributed by atoms with E-state index in [9.17, 15) is 10.1 Å². The van der Waals surface area contributed by atoms with Gasteiger partial charge in [0.2, 0.25) is 5.82 Å². The lowest BCUT2D eigenvalue weighted by molar-refractivity contribution is -0.384. The van der Waals surface area contributed by atoms with Gasteiger partial charge in [-0.3, -0.25) is 10.1 Å². The summed E-state index contributed by atoms with van der Waals surface area (Å²) in [6.07, 6.45) is 5.36. The van der Waals surface area contributed by atoms with Gasteiger partial charge in [0, 0.05) is 0 Å². The molecule has 6 nitrogen and oxygen atoms in total. The summed E-state index contributed by atoms with van der Waals surface area (Å²) in [4.78, 5) is 10.4. The van der Waals surface area contributed by atoms with Gasteiger partial charge < -0.3 is 5.73 Å². The van der Waals surface area contributed by atoms with Crippen LogP contribution in [-0.4, -0.2) is 14.7 Å². The van der Waals surface area contributed by atoms with E-state index in [1.54, 1.807) is 4.68 Å². The highest BCUT2D eigenvalue weighted by Gasteiger charge is 2.26. The number of benzene rings is 1. The lowest BCUT2D eigenvalue weighted by Gasteiger charge is -2.19. The van der Waals surface area contributed by atoms with Crippen molar-refractivity contribution in [1.82, 2.24) is 9.78 Å². The van der Waals surface area contributed by atoms with Crippen LogP contribution in [0.15, 0.2) is 30.5 Å². The fraction of sp³-hybridized carbons (Fsp3) is 0.357. The van der Waals surface area contributed by atoms with Crippen LogP contribution in [0.5, 0.6) is 0 Å². The number of fused-ring (bicyclic) bond motifs is 1. The molecule has 2 aromatic rings. The van der Waals surface area contributed by atoms with Crippen molar-refractivity contribution < 1.29 is 4.92 Å². The number of aromatic nitrogens is 2. The molecule has 0 saturated carbocycles. The van der Waals surface area contributed by atoms with E-state index >= 15 is 0 Å². The largest absolute Gasteiger partial charge is 0.378 e. The molecule has 0 bridgehead atoms. The normalized spacial score (nSPS) is 18.3. The minimum Gasteiger partial charge on any atom is -0.378 e. The topological polar surface area (TPSA) is 87.0 Å². The van der Waals surface area contributed by atoms with Crippen LogP contribution in [0.1, 0.15) is 36.4 Å². The van der Waals surface area contributed by atoms with Crippen LogP contribution in [0, 0.1) is 10.1 Å². The molecule has 104 valence electrons. The molecule has 0 spiro atoms. The predicted octanol–water partition coefficient (Wildman–Crippen LogP) is 2.69. The van der Waals surface area contributed by atoms with Gasteiger partial charge in [0.05, 0.1) is 11.0 Å². The second kappa shape index (κ2) is 4.96. The van der Waals surface area contributed by atoms with Gasteiger partial charge in [0.25, 0.3) is 0 Å². The first-order chi connectivity index (χ1) is 9.68. The highest BCUT2D eigenvalue weighted by Crippen LogP contribution is 2.34. The number of nitrogen functional groups attached to an aromatic ring is 1.